The molecule has 0 spiro atoms. The number of fused-ring (bicyclic) bond motifs is 1. The SMILES string of the molecule is CCc1c(C)sc2nc(CC(C)(C)CC(=O)O)[nH]c(=O)c12. The molecule has 0 radical (unpaired) electrons. The number of nitrogens with zero attached hydrogens (tertiary/aromatic N) is 1. The number of carboxylic acid groups (broad SMARTS) is 1. The largest absolute Gasteiger partial charge is 0.481 e. The maximum absolute atomic E-state index is 12.3. The van der Waals surface area contributed by atoms with E-state index in [1.54, 1.807) is 0 Å². The molecule has 2 aromatic heterocycles. The molecule has 114 valence electrons. The molecule has 0 aromatic carbocycles. The molecule has 2 rings (SSSR count). The third kappa shape index (κ3) is 3.32. The van der Waals surface area contributed by atoms with Crippen LogP contribution in [0.1, 0.15) is 43.5 Å². The molecule has 2 N–H and O–H groups in total. The summed E-state index contributed by atoms with van der Waals surface area (Å²) in [6.07, 6.45) is 1.28. The van der Waals surface area contributed by atoms with Crippen LogP contribution in [-0.2, 0) is 17.6 Å². The van der Waals surface area contributed by atoms with Crippen LogP contribution in [0.5, 0.6) is 0 Å². The Balaban J connectivity index is 2.44. The second-order valence-corrected chi connectivity index (χ2v) is 7.30. The summed E-state index contributed by atoms with van der Waals surface area (Å²) in [5.74, 6) is -0.286. The maximum Gasteiger partial charge on any atom is 0.303 e. The van der Waals surface area contributed by atoms with Crippen LogP contribution >= 0.6 is 11.3 Å². The fraction of sp³-hybridized carbons (Fsp3) is 0.533. The summed E-state index contributed by atoms with van der Waals surface area (Å²) in [4.78, 5) is 32.4. The summed E-state index contributed by atoms with van der Waals surface area (Å²) in [6, 6.07) is 0. The van der Waals surface area contributed by atoms with Gasteiger partial charge in [0.2, 0.25) is 0 Å². The van der Waals surface area contributed by atoms with E-state index in [1.165, 1.54) is 11.3 Å². The number of nitrogens with one attached hydrogen (secondary N) is 1. The number of hydrogen-bond acceptors (Lipinski definition) is 4. The Labute approximate surface area is 127 Å². The van der Waals surface area contributed by atoms with Crippen molar-refractivity contribution in [2.75, 3.05) is 0 Å². The zero-order valence-electron chi connectivity index (χ0n) is 12.7. The predicted molar refractivity (Wildman–Crippen MR) is 84.1 cm³/mol. The summed E-state index contributed by atoms with van der Waals surface area (Å²) in [7, 11) is 0. The predicted octanol–water partition coefficient (Wildman–Crippen LogP) is 2.90. The second kappa shape index (κ2) is 5.60. The molecule has 5 nitrogen and oxygen atoms in total. The monoisotopic (exact) mass is 308 g/mol. The molecule has 0 bridgehead atoms. The van der Waals surface area contributed by atoms with E-state index in [0.717, 1.165) is 21.7 Å². The van der Waals surface area contributed by atoms with E-state index in [-0.39, 0.29) is 12.0 Å². The van der Waals surface area contributed by atoms with Crippen molar-refractivity contribution in [2.24, 2.45) is 5.41 Å². The lowest BCUT2D eigenvalue weighted by Gasteiger charge is -2.21. The number of H-pyrrole nitrogens is 1. The lowest BCUT2D eigenvalue weighted by atomic mass is 9.85. The van der Waals surface area contributed by atoms with Gasteiger partial charge in [0.15, 0.2) is 0 Å². The third-order valence-electron chi connectivity index (χ3n) is 3.54. The van der Waals surface area contributed by atoms with E-state index in [1.807, 2.05) is 27.7 Å². The van der Waals surface area contributed by atoms with Gasteiger partial charge in [0, 0.05) is 11.3 Å². The Kier molecular flexibility index (Phi) is 4.18. The first-order valence-corrected chi connectivity index (χ1v) is 7.78. The lowest BCUT2D eigenvalue weighted by Crippen LogP contribution is -2.23. The third-order valence-corrected chi connectivity index (χ3v) is 4.58. The minimum absolute atomic E-state index is 0.0401. The number of thiophene rings is 1. The normalized spacial score (nSPS) is 12.0. The van der Waals surface area contributed by atoms with Crippen molar-refractivity contribution < 1.29 is 9.90 Å². The molecule has 2 aromatic rings. The Morgan fingerprint density at radius 1 is 1.43 bits per heavy atom. The van der Waals surface area contributed by atoms with Gasteiger partial charge < -0.3 is 10.1 Å². The molecule has 21 heavy (non-hydrogen) atoms. The molecule has 0 unspecified atom stereocenters. The molecule has 0 aliphatic heterocycles. The van der Waals surface area contributed by atoms with E-state index >= 15 is 0 Å². The molecular formula is C15H20N2O3S. The average molecular weight is 308 g/mol. The van der Waals surface area contributed by atoms with Crippen LogP contribution in [0.4, 0.5) is 0 Å². The summed E-state index contributed by atoms with van der Waals surface area (Å²) in [5, 5.41) is 9.62. The molecule has 0 aliphatic carbocycles. The van der Waals surface area contributed by atoms with E-state index in [9.17, 15) is 9.59 Å². The number of hydrogen-bond donors (Lipinski definition) is 2. The Morgan fingerprint density at radius 2 is 2.10 bits per heavy atom. The van der Waals surface area contributed by atoms with Crippen LogP contribution in [0.2, 0.25) is 0 Å². The van der Waals surface area contributed by atoms with Gasteiger partial charge in [0.1, 0.15) is 10.7 Å². The first-order valence-electron chi connectivity index (χ1n) is 6.96. The highest BCUT2D eigenvalue weighted by atomic mass is 32.1. The number of aromatic amines is 1. The molecular weight excluding hydrogens is 288 g/mol. The number of aryl methyl sites for hydroxylation is 2. The van der Waals surface area contributed by atoms with Crippen molar-refractivity contribution in [1.29, 1.82) is 0 Å². The van der Waals surface area contributed by atoms with Gasteiger partial charge in [-0.1, -0.05) is 20.8 Å². The Hall–Kier alpha value is -1.69. The highest BCUT2D eigenvalue weighted by Gasteiger charge is 2.24. The Morgan fingerprint density at radius 3 is 2.67 bits per heavy atom. The van der Waals surface area contributed by atoms with Crippen molar-refractivity contribution in [3.8, 4) is 0 Å². The van der Waals surface area contributed by atoms with Gasteiger partial charge in [-0.3, -0.25) is 9.59 Å². The van der Waals surface area contributed by atoms with Gasteiger partial charge in [0.25, 0.3) is 5.56 Å². The second-order valence-electron chi connectivity index (χ2n) is 6.09. The maximum atomic E-state index is 12.3. The van der Waals surface area contributed by atoms with Crippen LogP contribution < -0.4 is 5.56 Å². The van der Waals surface area contributed by atoms with Crippen molar-refractivity contribution >= 4 is 27.5 Å². The number of aliphatic carboxylic acids is 1. The van der Waals surface area contributed by atoms with Gasteiger partial charge in [0.05, 0.1) is 11.8 Å². The summed E-state index contributed by atoms with van der Waals surface area (Å²) in [6.45, 7) is 7.75. The molecule has 2 heterocycles. The molecule has 0 amide bonds. The first kappa shape index (κ1) is 15.7. The zero-order chi connectivity index (χ0) is 15.8. The number of aromatic nitrogens is 2. The first-order chi connectivity index (χ1) is 9.73. The number of carboxylic acids is 1. The van der Waals surface area contributed by atoms with Gasteiger partial charge in [-0.25, -0.2) is 4.98 Å². The van der Waals surface area contributed by atoms with Gasteiger partial charge in [-0.05, 0) is 24.3 Å². The van der Waals surface area contributed by atoms with Crippen molar-refractivity contribution in [2.45, 2.75) is 47.0 Å². The fourth-order valence-electron chi connectivity index (χ4n) is 2.65. The summed E-state index contributed by atoms with van der Waals surface area (Å²) >= 11 is 1.52. The standard InChI is InChI=1S/C15H20N2O3S/c1-5-9-8(2)21-14-12(9)13(20)16-10(17-14)6-15(3,4)7-11(18)19/h5-7H2,1-4H3,(H,18,19)(H,16,17,20). The number of carbonyl (C=O) groups is 1. The van der Waals surface area contributed by atoms with Crippen LogP contribution in [0.25, 0.3) is 10.2 Å². The Bertz CT molecular complexity index is 743. The van der Waals surface area contributed by atoms with E-state index in [4.69, 9.17) is 5.11 Å². The van der Waals surface area contributed by atoms with E-state index in [2.05, 4.69) is 9.97 Å². The lowest BCUT2D eigenvalue weighted by molar-refractivity contribution is -0.139. The average Bonchev–Trinajstić information content (AvgIpc) is 2.62. The molecule has 0 atom stereocenters. The van der Waals surface area contributed by atoms with Crippen LogP contribution in [0, 0.1) is 12.3 Å². The van der Waals surface area contributed by atoms with Gasteiger partial charge in [-0.2, -0.15) is 0 Å². The highest BCUT2D eigenvalue weighted by molar-refractivity contribution is 7.18. The molecule has 0 fully saturated rings. The summed E-state index contributed by atoms with van der Waals surface area (Å²) in [5.41, 5.74) is 0.484. The molecule has 0 saturated carbocycles. The molecule has 0 aliphatic rings. The van der Waals surface area contributed by atoms with Crippen molar-refractivity contribution in [3.05, 3.63) is 26.6 Å². The fourth-order valence-corrected chi connectivity index (χ4v) is 3.79. The van der Waals surface area contributed by atoms with Gasteiger partial charge in [-0.15, -0.1) is 11.3 Å². The highest BCUT2D eigenvalue weighted by Crippen LogP contribution is 2.29. The van der Waals surface area contributed by atoms with Crippen molar-refractivity contribution in [3.63, 3.8) is 0 Å². The minimum Gasteiger partial charge on any atom is -0.481 e. The topological polar surface area (TPSA) is 83.0 Å². The van der Waals surface area contributed by atoms with E-state index in [0.29, 0.717) is 17.6 Å². The van der Waals surface area contributed by atoms with Crippen LogP contribution in [-0.4, -0.2) is 21.0 Å². The van der Waals surface area contributed by atoms with Gasteiger partial charge >= 0.3 is 5.97 Å². The summed E-state index contributed by atoms with van der Waals surface area (Å²) < 4.78 is 0. The molecule has 6 heteroatoms. The smallest absolute Gasteiger partial charge is 0.303 e. The van der Waals surface area contributed by atoms with E-state index < -0.39 is 11.4 Å². The molecule has 0 saturated heterocycles. The quantitative estimate of drug-likeness (QED) is 0.889. The van der Waals surface area contributed by atoms with Crippen LogP contribution in [0.15, 0.2) is 4.79 Å². The zero-order valence-corrected chi connectivity index (χ0v) is 13.6. The minimum atomic E-state index is -0.844. The van der Waals surface area contributed by atoms with Crippen LogP contribution in [0.3, 0.4) is 0 Å². The van der Waals surface area contributed by atoms with Crippen molar-refractivity contribution in [1.82, 2.24) is 9.97 Å². The number of rotatable bonds is 5.